The van der Waals surface area contributed by atoms with Crippen LogP contribution >= 0.6 is 0 Å². The van der Waals surface area contributed by atoms with Crippen LogP contribution in [-0.2, 0) is 0 Å². The Balaban J connectivity index is 2.48. The van der Waals surface area contributed by atoms with Gasteiger partial charge in [-0.15, -0.1) is 0 Å². The van der Waals surface area contributed by atoms with Crippen LogP contribution in [0.3, 0.4) is 0 Å². The fraction of sp³-hybridized carbons (Fsp3) is 0.263. The average Bonchev–Trinajstić information content (AvgIpc) is 2.35. The quantitative estimate of drug-likeness (QED) is 0.741. The van der Waals surface area contributed by atoms with Gasteiger partial charge in [0.15, 0.2) is 7.28 Å². The number of hydrogen-bond acceptors (Lipinski definition) is 0. The number of rotatable bonds is 3. The molecule has 0 unspecified atom stereocenters. The number of aryl methyl sites for hydroxylation is 5. The zero-order valence-electron chi connectivity index (χ0n) is 13.2. The van der Waals surface area contributed by atoms with Gasteiger partial charge in [0.1, 0.15) is 0 Å². The lowest BCUT2D eigenvalue weighted by atomic mass is 9.58. The van der Waals surface area contributed by atoms with E-state index in [2.05, 4.69) is 72.7 Å². The molecule has 0 aliphatic heterocycles. The second-order valence-electron chi connectivity index (χ2n) is 5.73. The fourth-order valence-corrected chi connectivity index (χ4v) is 2.92. The molecule has 1 radical (unpaired) electrons. The summed E-state index contributed by atoms with van der Waals surface area (Å²) in [5, 5.41) is 0. The Morgan fingerprint density at radius 2 is 1.15 bits per heavy atom. The SMILES string of the molecule is C=Cc1cc(C)c([B]c2c(C)cc(C)cc2C)c(C)c1. The molecule has 1 heteroatoms. The summed E-state index contributed by atoms with van der Waals surface area (Å²) in [4.78, 5) is 0. The van der Waals surface area contributed by atoms with E-state index in [4.69, 9.17) is 0 Å². The van der Waals surface area contributed by atoms with Gasteiger partial charge >= 0.3 is 0 Å². The summed E-state index contributed by atoms with van der Waals surface area (Å²) < 4.78 is 0. The van der Waals surface area contributed by atoms with Crippen molar-refractivity contribution >= 4 is 24.3 Å². The number of benzene rings is 2. The first kappa shape index (κ1) is 14.6. The molecule has 0 bridgehead atoms. The van der Waals surface area contributed by atoms with Gasteiger partial charge in [-0.3, -0.25) is 0 Å². The van der Waals surface area contributed by atoms with E-state index in [1.165, 1.54) is 44.3 Å². The van der Waals surface area contributed by atoms with E-state index < -0.39 is 0 Å². The van der Waals surface area contributed by atoms with Crippen LogP contribution < -0.4 is 10.9 Å². The van der Waals surface area contributed by atoms with Crippen LogP contribution in [0.25, 0.3) is 6.08 Å². The standard InChI is InChI=1S/C19H22B/c1-7-17-10-15(5)19(16(6)11-17)20-18-13(3)8-12(2)9-14(18)4/h7-11H,1H2,2-6H3. The van der Waals surface area contributed by atoms with Gasteiger partial charge in [0, 0.05) is 0 Å². The van der Waals surface area contributed by atoms with E-state index in [0.717, 1.165) is 0 Å². The van der Waals surface area contributed by atoms with Crippen molar-refractivity contribution in [1.29, 1.82) is 0 Å². The highest BCUT2D eigenvalue weighted by atomic mass is 14.1. The zero-order valence-corrected chi connectivity index (χ0v) is 13.2. The van der Waals surface area contributed by atoms with Crippen LogP contribution in [0.4, 0.5) is 0 Å². The summed E-state index contributed by atoms with van der Waals surface area (Å²) in [6.45, 7) is 14.7. The second kappa shape index (κ2) is 5.70. The molecule has 2 rings (SSSR count). The third-order valence-corrected chi connectivity index (χ3v) is 3.88. The van der Waals surface area contributed by atoms with Gasteiger partial charge in [-0.1, -0.05) is 75.7 Å². The summed E-state index contributed by atoms with van der Waals surface area (Å²) in [7, 11) is 2.32. The molecule has 0 amide bonds. The molecule has 0 atom stereocenters. The predicted octanol–water partition coefficient (Wildman–Crippen LogP) is 3.53. The first-order valence-electron chi connectivity index (χ1n) is 7.08. The average molecular weight is 261 g/mol. The maximum atomic E-state index is 3.85. The molecule has 101 valence electrons. The maximum Gasteiger partial charge on any atom is 0.192 e. The minimum Gasteiger partial charge on any atom is -0.0985 e. The molecule has 20 heavy (non-hydrogen) atoms. The van der Waals surface area contributed by atoms with Gasteiger partial charge in [0.2, 0.25) is 0 Å². The van der Waals surface area contributed by atoms with Crippen LogP contribution in [0.1, 0.15) is 33.4 Å². The third kappa shape index (κ3) is 2.87. The van der Waals surface area contributed by atoms with E-state index in [1.807, 2.05) is 6.08 Å². The Labute approximate surface area is 123 Å². The highest BCUT2D eigenvalue weighted by Crippen LogP contribution is 2.10. The van der Waals surface area contributed by atoms with Gasteiger partial charge in [-0.05, 0) is 40.2 Å². The van der Waals surface area contributed by atoms with E-state index >= 15 is 0 Å². The lowest BCUT2D eigenvalue weighted by Gasteiger charge is -2.15. The van der Waals surface area contributed by atoms with Crippen molar-refractivity contribution in [3.05, 3.63) is 64.2 Å². The van der Waals surface area contributed by atoms with Crippen LogP contribution in [0.2, 0.25) is 0 Å². The molecular weight excluding hydrogens is 239 g/mol. The Morgan fingerprint density at radius 3 is 1.55 bits per heavy atom. The smallest absolute Gasteiger partial charge is 0.0985 e. The molecular formula is C19H22B. The molecule has 0 fully saturated rings. The van der Waals surface area contributed by atoms with Crippen molar-refractivity contribution in [3.8, 4) is 0 Å². The Hall–Kier alpha value is -1.76. The molecule has 0 nitrogen and oxygen atoms in total. The minimum absolute atomic E-state index is 1.19. The van der Waals surface area contributed by atoms with Gasteiger partial charge in [0.25, 0.3) is 0 Å². The normalized spacial score (nSPS) is 10.4. The van der Waals surface area contributed by atoms with E-state index in [9.17, 15) is 0 Å². The molecule has 0 saturated carbocycles. The van der Waals surface area contributed by atoms with Crippen molar-refractivity contribution in [2.45, 2.75) is 34.6 Å². The lowest BCUT2D eigenvalue weighted by molar-refractivity contribution is 1.35. The molecule has 0 aromatic heterocycles. The summed E-state index contributed by atoms with van der Waals surface area (Å²) in [6.07, 6.45) is 1.91. The highest BCUT2D eigenvalue weighted by molar-refractivity contribution is 6.69. The molecule has 0 N–H and O–H groups in total. The monoisotopic (exact) mass is 261 g/mol. The summed E-state index contributed by atoms with van der Waals surface area (Å²) in [5.74, 6) is 0. The highest BCUT2D eigenvalue weighted by Gasteiger charge is 2.11. The Kier molecular flexibility index (Phi) is 4.18. The van der Waals surface area contributed by atoms with Crippen LogP contribution in [-0.4, -0.2) is 7.28 Å². The molecule has 2 aromatic carbocycles. The molecule has 0 spiro atoms. The molecule has 0 aliphatic rings. The van der Waals surface area contributed by atoms with E-state index in [-0.39, 0.29) is 0 Å². The molecule has 2 aromatic rings. The van der Waals surface area contributed by atoms with Crippen LogP contribution in [0, 0.1) is 34.6 Å². The van der Waals surface area contributed by atoms with Crippen molar-refractivity contribution in [2.75, 3.05) is 0 Å². The first-order chi connectivity index (χ1) is 9.42. The largest absolute Gasteiger partial charge is 0.192 e. The van der Waals surface area contributed by atoms with Crippen LogP contribution in [0.5, 0.6) is 0 Å². The topological polar surface area (TPSA) is 0 Å². The van der Waals surface area contributed by atoms with Gasteiger partial charge in [-0.25, -0.2) is 0 Å². The van der Waals surface area contributed by atoms with E-state index in [1.54, 1.807) is 0 Å². The van der Waals surface area contributed by atoms with Crippen molar-refractivity contribution in [3.63, 3.8) is 0 Å². The Bertz CT molecular complexity index is 619. The molecule has 0 saturated heterocycles. The van der Waals surface area contributed by atoms with Crippen LogP contribution in [0.15, 0.2) is 30.8 Å². The maximum absolute atomic E-state index is 3.85. The molecule has 0 heterocycles. The Morgan fingerprint density at radius 1 is 0.750 bits per heavy atom. The predicted molar refractivity (Wildman–Crippen MR) is 91.7 cm³/mol. The van der Waals surface area contributed by atoms with Crippen molar-refractivity contribution in [1.82, 2.24) is 0 Å². The summed E-state index contributed by atoms with van der Waals surface area (Å²) in [6, 6.07) is 8.90. The molecule has 0 aliphatic carbocycles. The lowest BCUT2D eigenvalue weighted by Crippen LogP contribution is -2.34. The zero-order chi connectivity index (χ0) is 14.9. The first-order valence-corrected chi connectivity index (χ1v) is 7.08. The van der Waals surface area contributed by atoms with Gasteiger partial charge < -0.3 is 0 Å². The fourth-order valence-electron chi connectivity index (χ4n) is 2.92. The van der Waals surface area contributed by atoms with Gasteiger partial charge in [-0.2, -0.15) is 0 Å². The van der Waals surface area contributed by atoms with E-state index in [0.29, 0.717) is 0 Å². The summed E-state index contributed by atoms with van der Waals surface area (Å²) in [5.41, 5.74) is 10.5. The third-order valence-electron chi connectivity index (χ3n) is 3.88. The number of hydrogen-bond donors (Lipinski definition) is 0. The van der Waals surface area contributed by atoms with Crippen molar-refractivity contribution in [2.24, 2.45) is 0 Å². The summed E-state index contributed by atoms with van der Waals surface area (Å²) >= 11 is 0. The second-order valence-corrected chi connectivity index (χ2v) is 5.73. The minimum atomic E-state index is 1.19. The van der Waals surface area contributed by atoms with Gasteiger partial charge in [0.05, 0.1) is 0 Å². The van der Waals surface area contributed by atoms with Crippen molar-refractivity contribution < 1.29 is 0 Å².